The fourth-order valence-corrected chi connectivity index (χ4v) is 5.67. The van der Waals surface area contributed by atoms with Gasteiger partial charge in [0.05, 0.1) is 0 Å². The molecule has 0 atom stereocenters. The molecule has 21 heavy (non-hydrogen) atoms. The van der Waals surface area contributed by atoms with Gasteiger partial charge in [-0.2, -0.15) is 4.31 Å². The first-order chi connectivity index (χ1) is 9.98. The van der Waals surface area contributed by atoms with E-state index in [1.54, 1.807) is 4.31 Å². The molecule has 1 heterocycles. The Morgan fingerprint density at radius 3 is 2.29 bits per heavy atom. The summed E-state index contributed by atoms with van der Waals surface area (Å²) in [6.45, 7) is 10.7. The minimum Gasteiger partial charge on any atom is -0.312 e. The standard InChI is InChI=1S/C15H28N2O2S2/c1-5-8-16-11-14-15(13(4)12-20-14)21(18,19)17(9-6-2)10-7-3/h12,16H,5-11H2,1-4H3. The van der Waals surface area contributed by atoms with Crippen LogP contribution >= 0.6 is 11.3 Å². The number of aryl methyl sites for hydroxylation is 1. The number of thiophene rings is 1. The lowest BCUT2D eigenvalue weighted by Gasteiger charge is -2.22. The molecule has 0 fully saturated rings. The Bertz CT molecular complexity index is 518. The lowest BCUT2D eigenvalue weighted by atomic mass is 10.3. The number of nitrogens with one attached hydrogen (secondary N) is 1. The van der Waals surface area contributed by atoms with Crippen molar-refractivity contribution in [2.45, 2.75) is 58.4 Å². The second kappa shape index (κ2) is 8.88. The molecule has 1 aromatic rings. The topological polar surface area (TPSA) is 49.4 Å². The Labute approximate surface area is 133 Å². The van der Waals surface area contributed by atoms with Crippen LogP contribution in [-0.4, -0.2) is 32.4 Å². The van der Waals surface area contributed by atoms with Crippen molar-refractivity contribution in [3.63, 3.8) is 0 Å². The maximum absolute atomic E-state index is 13.0. The van der Waals surface area contributed by atoms with E-state index in [0.29, 0.717) is 24.5 Å². The normalized spacial score (nSPS) is 12.2. The van der Waals surface area contributed by atoms with E-state index in [9.17, 15) is 8.42 Å². The first kappa shape index (κ1) is 18.6. The Morgan fingerprint density at radius 2 is 1.76 bits per heavy atom. The van der Waals surface area contributed by atoms with E-state index in [1.165, 1.54) is 11.3 Å². The number of hydrogen-bond acceptors (Lipinski definition) is 4. The predicted octanol–water partition coefficient (Wildman–Crippen LogP) is 3.37. The van der Waals surface area contributed by atoms with E-state index in [1.807, 2.05) is 26.2 Å². The van der Waals surface area contributed by atoms with Gasteiger partial charge in [-0.05, 0) is 43.7 Å². The molecule has 1 rings (SSSR count). The molecule has 4 nitrogen and oxygen atoms in total. The zero-order valence-electron chi connectivity index (χ0n) is 13.6. The Hall–Kier alpha value is -0.430. The minimum atomic E-state index is -3.38. The van der Waals surface area contributed by atoms with E-state index in [4.69, 9.17) is 0 Å². The van der Waals surface area contributed by atoms with E-state index in [0.717, 1.165) is 36.2 Å². The van der Waals surface area contributed by atoms with Crippen molar-refractivity contribution in [3.05, 3.63) is 15.8 Å². The zero-order valence-corrected chi connectivity index (χ0v) is 15.2. The van der Waals surface area contributed by atoms with Gasteiger partial charge >= 0.3 is 0 Å². The second-order valence-electron chi connectivity index (χ2n) is 5.25. The van der Waals surface area contributed by atoms with Crippen LogP contribution in [0.5, 0.6) is 0 Å². The smallest absolute Gasteiger partial charge is 0.244 e. The molecule has 6 heteroatoms. The van der Waals surface area contributed by atoms with Crippen LogP contribution < -0.4 is 5.32 Å². The number of sulfonamides is 1. The van der Waals surface area contributed by atoms with Gasteiger partial charge in [-0.3, -0.25) is 0 Å². The SMILES string of the molecule is CCCNCc1scc(C)c1S(=O)(=O)N(CCC)CCC. The molecule has 0 aliphatic carbocycles. The van der Waals surface area contributed by atoms with Gasteiger partial charge in [-0.25, -0.2) is 8.42 Å². The van der Waals surface area contributed by atoms with Crippen molar-refractivity contribution in [2.24, 2.45) is 0 Å². The maximum atomic E-state index is 13.0. The Morgan fingerprint density at radius 1 is 1.14 bits per heavy atom. The van der Waals surface area contributed by atoms with Gasteiger partial charge in [0.25, 0.3) is 0 Å². The molecule has 0 saturated carbocycles. The fourth-order valence-electron chi connectivity index (χ4n) is 2.31. The highest BCUT2D eigenvalue weighted by molar-refractivity contribution is 7.89. The van der Waals surface area contributed by atoms with Crippen LogP contribution in [0.1, 0.15) is 50.5 Å². The highest BCUT2D eigenvalue weighted by atomic mass is 32.2. The summed E-state index contributed by atoms with van der Waals surface area (Å²) in [5, 5.41) is 5.26. The van der Waals surface area contributed by atoms with Gasteiger partial charge in [-0.15, -0.1) is 11.3 Å². The minimum absolute atomic E-state index is 0.526. The van der Waals surface area contributed by atoms with E-state index in [2.05, 4.69) is 12.2 Å². The number of hydrogen-bond donors (Lipinski definition) is 1. The van der Waals surface area contributed by atoms with Crippen molar-refractivity contribution in [1.29, 1.82) is 0 Å². The van der Waals surface area contributed by atoms with Gasteiger partial charge in [0.2, 0.25) is 10.0 Å². The predicted molar refractivity (Wildman–Crippen MR) is 90.4 cm³/mol. The van der Waals surface area contributed by atoms with E-state index >= 15 is 0 Å². The monoisotopic (exact) mass is 332 g/mol. The molecule has 1 N–H and O–H groups in total. The molecule has 1 aromatic heterocycles. The quantitative estimate of drug-likeness (QED) is 0.668. The Balaban J connectivity index is 3.08. The summed E-state index contributed by atoms with van der Waals surface area (Å²) in [7, 11) is -3.38. The average molecular weight is 333 g/mol. The molecule has 0 amide bonds. The van der Waals surface area contributed by atoms with Gasteiger partial charge in [-0.1, -0.05) is 20.8 Å². The molecule has 0 aliphatic heterocycles. The number of nitrogens with zero attached hydrogens (tertiary/aromatic N) is 1. The van der Waals surface area contributed by atoms with Crippen molar-refractivity contribution < 1.29 is 8.42 Å². The molecule has 0 bridgehead atoms. The molecule has 0 aromatic carbocycles. The lowest BCUT2D eigenvalue weighted by molar-refractivity contribution is 0.409. The molecular weight excluding hydrogens is 304 g/mol. The highest BCUT2D eigenvalue weighted by Gasteiger charge is 2.28. The van der Waals surface area contributed by atoms with Gasteiger partial charge in [0.15, 0.2) is 0 Å². The van der Waals surface area contributed by atoms with Crippen molar-refractivity contribution in [2.75, 3.05) is 19.6 Å². The first-order valence-electron chi connectivity index (χ1n) is 7.76. The molecule has 0 spiro atoms. The van der Waals surface area contributed by atoms with E-state index in [-0.39, 0.29) is 0 Å². The second-order valence-corrected chi connectivity index (χ2v) is 8.09. The highest BCUT2D eigenvalue weighted by Crippen LogP contribution is 2.29. The molecule has 122 valence electrons. The largest absolute Gasteiger partial charge is 0.312 e. The molecular formula is C15H28N2O2S2. The van der Waals surface area contributed by atoms with Crippen LogP contribution in [0.15, 0.2) is 10.3 Å². The van der Waals surface area contributed by atoms with Crippen molar-refractivity contribution in [3.8, 4) is 0 Å². The fraction of sp³-hybridized carbons (Fsp3) is 0.733. The molecule has 0 unspecified atom stereocenters. The van der Waals surface area contributed by atoms with Gasteiger partial charge in [0.1, 0.15) is 4.90 Å². The maximum Gasteiger partial charge on any atom is 0.244 e. The summed E-state index contributed by atoms with van der Waals surface area (Å²) in [5.41, 5.74) is 0.866. The summed E-state index contributed by atoms with van der Waals surface area (Å²) < 4.78 is 27.5. The molecule has 0 radical (unpaired) electrons. The van der Waals surface area contributed by atoms with Gasteiger partial charge in [0, 0.05) is 24.5 Å². The Kier molecular flexibility index (Phi) is 7.87. The molecule has 0 aliphatic rings. The average Bonchev–Trinajstić information content (AvgIpc) is 2.80. The summed E-state index contributed by atoms with van der Waals surface area (Å²) in [4.78, 5) is 1.45. The first-order valence-corrected chi connectivity index (χ1v) is 10.1. The van der Waals surface area contributed by atoms with Gasteiger partial charge < -0.3 is 5.32 Å². The zero-order chi connectivity index (χ0) is 15.9. The third-order valence-electron chi connectivity index (χ3n) is 3.25. The third kappa shape index (κ3) is 4.77. The third-order valence-corrected chi connectivity index (χ3v) is 6.61. The molecule has 0 saturated heterocycles. The summed E-state index contributed by atoms with van der Waals surface area (Å²) in [6, 6.07) is 0. The van der Waals surface area contributed by atoms with E-state index < -0.39 is 10.0 Å². The van der Waals surface area contributed by atoms with Crippen LogP contribution in [0.2, 0.25) is 0 Å². The lowest BCUT2D eigenvalue weighted by Crippen LogP contribution is -2.33. The van der Waals surface area contributed by atoms with Crippen LogP contribution in [0.25, 0.3) is 0 Å². The summed E-state index contributed by atoms with van der Waals surface area (Å²) >= 11 is 1.54. The van der Waals surface area contributed by atoms with Crippen LogP contribution in [0.3, 0.4) is 0 Å². The summed E-state index contributed by atoms with van der Waals surface area (Å²) in [5.74, 6) is 0. The van der Waals surface area contributed by atoms with Crippen molar-refractivity contribution in [1.82, 2.24) is 9.62 Å². The van der Waals surface area contributed by atoms with Crippen LogP contribution in [-0.2, 0) is 16.6 Å². The van der Waals surface area contributed by atoms with Crippen LogP contribution in [0.4, 0.5) is 0 Å². The van der Waals surface area contributed by atoms with Crippen LogP contribution in [0, 0.1) is 6.92 Å². The number of rotatable bonds is 10. The van der Waals surface area contributed by atoms with Crippen molar-refractivity contribution >= 4 is 21.4 Å². The summed E-state index contributed by atoms with van der Waals surface area (Å²) in [6.07, 6.45) is 2.72.